The molecule has 2 rings (SSSR count). The second-order valence-corrected chi connectivity index (χ2v) is 10.8. The van der Waals surface area contributed by atoms with Gasteiger partial charge in [0, 0.05) is 26.1 Å². The van der Waals surface area contributed by atoms with Crippen LogP contribution in [0.3, 0.4) is 0 Å². The molecule has 0 spiro atoms. The number of rotatable bonds is 15. The molecule has 6 heteroatoms. The number of hydrogen-bond acceptors (Lipinski definition) is 5. The van der Waals surface area contributed by atoms with E-state index in [4.69, 9.17) is 9.05 Å². The minimum Gasteiger partial charge on any atom is -0.376 e. The minimum atomic E-state index is -3.54. The van der Waals surface area contributed by atoms with Gasteiger partial charge in [0.1, 0.15) is 0 Å². The Morgan fingerprint density at radius 2 is 1.50 bits per heavy atom. The van der Waals surface area contributed by atoms with Crippen molar-refractivity contribution in [1.29, 1.82) is 0 Å². The van der Waals surface area contributed by atoms with E-state index in [1.165, 1.54) is 56.1 Å². The number of unbranched alkanes of at least 4 members (excludes halogenated alkanes) is 6. The Kier molecular flexibility index (Phi) is 11.1. The lowest BCUT2D eigenvalue weighted by Gasteiger charge is -2.31. The first-order valence-corrected chi connectivity index (χ1v) is 13.4. The lowest BCUT2D eigenvalue weighted by atomic mass is 10.0. The molecule has 0 bridgehead atoms. The highest BCUT2D eigenvalue weighted by molar-refractivity contribution is 7.55. The van der Waals surface area contributed by atoms with E-state index < -0.39 is 12.9 Å². The highest BCUT2D eigenvalue weighted by Crippen LogP contribution is 2.61. The minimum absolute atomic E-state index is 0.264. The van der Waals surface area contributed by atoms with Crippen molar-refractivity contribution in [1.82, 2.24) is 4.90 Å². The molecule has 0 saturated carbocycles. The van der Waals surface area contributed by atoms with Crippen LogP contribution < -0.4 is 0 Å². The van der Waals surface area contributed by atoms with E-state index in [1.807, 2.05) is 0 Å². The predicted octanol–water partition coefficient (Wildman–Crippen LogP) is 6.14. The summed E-state index contributed by atoms with van der Waals surface area (Å²) >= 11 is 0. The smallest absolute Gasteiger partial charge is 0.363 e. The molecule has 1 N–H and O–H groups in total. The molecule has 0 aliphatic carbocycles. The van der Waals surface area contributed by atoms with Gasteiger partial charge in [-0.05, 0) is 37.8 Å². The summed E-state index contributed by atoms with van der Waals surface area (Å²) in [4.78, 5) is 2.13. The van der Waals surface area contributed by atoms with Crippen molar-refractivity contribution < 1.29 is 18.7 Å². The average Bonchev–Trinajstić information content (AvgIpc) is 3.11. The second-order valence-electron chi connectivity index (χ2n) is 8.46. The third kappa shape index (κ3) is 7.46. The molecular formula is C24H42NO4P. The Morgan fingerprint density at radius 1 is 0.933 bits per heavy atom. The molecule has 1 fully saturated rings. The number of hydrogen-bond donors (Lipinski definition) is 1. The van der Waals surface area contributed by atoms with Crippen LogP contribution in [0.25, 0.3) is 0 Å². The highest BCUT2D eigenvalue weighted by Gasteiger charge is 2.53. The van der Waals surface area contributed by atoms with Crippen LogP contribution in [0.5, 0.6) is 0 Å². The Morgan fingerprint density at radius 3 is 2.10 bits per heavy atom. The third-order valence-corrected chi connectivity index (χ3v) is 8.49. The largest absolute Gasteiger partial charge is 0.376 e. The monoisotopic (exact) mass is 439 g/mol. The molecule has 0 amide bonds. The fourth-order valence-corrected chi connectivity index (χ4v) is 6.17. The van der Waals surface area contributed by atoms with Gasteiger partial charge >= 0.3 is 7.60 Å². The second kappa shape index (κ2) is 13.0. The van der Waals surface area contributed by atoms with E-state index in [0.717, 1.165) is 13.0 Å². The summed E-state index contributed by atoms with van der Waals surface area (Å²) in [6.45, 7) is 8.06. The van der Waals surface area contributed by atoms with E-state index in [9.17, 15) is 9.67 Å². The van der Waals surface area contributed by atoms with Crippen LogP contribution in [0.1, 0.15) is 83.3 Å². The summed E-state index contributed by atoms with van der Waals surface area (Å²) in [5.41, 5.74) is 2.60. The maximum Gasteiger partial charge on any atom is 0.363 e. The SMILES string of the molecule is CCCCCCCCCc1ccc(CN2CCC(O)(P(=O)(OCC)OCC)C2)cc1. The zero-order valence-electron chi connectivity index (χ0n) is 19.3. The summed E-state index contributed by atoms with van der Waals surface area (Å²) < 4.78 is 23.9. The van der Waals surface area contributed by atoms with Gasteiger partial charge < -0.3 is 14.2 Å². The van der Waals surface area contributed by atoms with Gasteiger partial charge in [0.2, 0.25) is 0 Å². The normalized spacial score (nSPS) is 20.1. The first kappa shape index (κ1) is 25.5. The van der Waals surface area contributed by atoms with Crippen LogP contribution in [-0.2, 0) is 26.6 Å². The number of β-amino-alcohol motifs (C(OH)–C–C–N with tert-alkyl or cyclic N) is 1. The van der Waals surface area contributed by atoms with Gasteiger partial charge in [-0.15, -0.1) is 0 Å². The summed E-state index contributed by atoms with van der Waals surface area (Å²) in [7, 11) is -3.54. The zero-order valence-corrected chi connectivity index (χ0v) is 20.2. The standard InChI is InChI=1S/C24H42NO4P/c1-4-7-8-9-10-11-12-13-22-14-16-23(17-15-22)20-25-19-18-24(26,21-25)30(27,28-5-2)29-6-3/h14-17,26H,4-13,18-21H2,1-3H3. The lowest BCUT2D eigenvalue weighted by Crippen LogP contribution is -2.34. The topological polar surface area (TPSA) is 59.0 Å². The Balaban J connectivity index is 1.78. The van der Waals surface area contributed by atoms with Crippen molar-refractivity contribution in [3.63, 3.8) is 0 Å². The van der Waals surface area contributed by atoms with Crippen molar-refractivity contribution in [2.24, 2.45) is 0 Å². The number of aliphatic hydroxyl groups is 1. The van der Waals surface area contributed by atoms with Gasteiger partial charge in [0.25, 0.3) is 0 Å². The van der Waals surface area contributed by atoms with Crippen molar-refractivity contribution in [3.05, 3.63) is 35.4 Å². The van der Waals surface area contributed by atoms with E-state index >= 15 is 0 Å². The molecule has 1 atom stereocenters. The fourth-order valence-electron chi connectivity index (χ4n) is 4.19. The summed E-state index contributed by atoms with van der Waals surface area (Å²) in [6.07, 6.45) is 10.9. The predicted molar refractivity (Wildman–Crippen MR) is 124 cm³/mol. The molecule has 30 heavy (non-hydrogen) atoms. The van der Waals surface area contributed by atoms with Crippen LogP contribution in [0.4, 0.5) is 0 Å². The molecule has 5 nitrogen and oxygen atoms in total. The fraction of sp³-hybridized carbons (Fsp3) is 0.750. The average molecular weight is 440 g/mol. The van der Waals surface area contributed by atoms with Crippen molar-refractivity contribution in [3.8, 4) is 0 Å². The van der Waals surface area contributed by atoms with Gasteiger partial charge in [0.05, 0.1) is 13.2 Å². The van der Waals surface area contributed by atoms with Crippen LogP contribution in [-0.4, -0.2) is 41.7 Å². The number of nitrogens with zero attached hydrogens (tertiary/aromatic N) is 1. The maximum absolute atomic E-state index is 13.1. The number of aryl methyl sites for hydroxylation is 1. The van der Waals surface area contributed by atoms with Crippen LogP contribution >= 0.6 is 7.60 Å². The molecule has 0 radical (unpaired) electrons. The molecule has 172 valence electrons. The molecular weight excluding hydrogens is 397 g/mol. The summed E-state index contributed by atoms with van der Waals surface area (Å²) in [5.74, 6) is 0. The van der Waals surface area contributed by atoms with E-state index in [-0.39, 0.29) is 13.2 Å². The van der Waals surface area contributed by atoms with Gasteiger partial charge in [0.15, 0.2) is 5.34 Å². The molecule has 1 aromatic carbocycles. The van der Waals surface area contributed by atoms with Gasteiger partial charge in [-0.3, -0.25) is 9.46 Å². The van der Waals surface area contributed by atoms with Crippen LogP contribution in [0, 0.1) is 0 Å². The zero-order chi connectivity index (χ0) is 21.9. The van der Waals surface area contributed by atoms with Gasteiger partial charge in [-0.25, -0.2) is 0 Å². The third-order valence-electron chi connectivity index (χ3n) is 5.91. The van der Waals surface area contributed by atoms with Crippen molar-refractivity contribution >= 4 is 7.60 Å². The van der Waals surface area contributed by atoms with Gasteiger partial charge in [-0.2, -0.15) is 0 Å². The first-order chi connectivity index (χ1) is 14.5. The number of benzene rings is 1. The Hall–Kier alpha value is -0.710. The molecule has 0 aromatic heterocycles. The highest BCUT2D eigenvalue weighted by atomic mass is 31.2. The Labute approximate surface area is 183 Å². The van der Waals surface area contributed by atoms with E-state index in [0.29, 0.717) is 19.5 Å². The number of likely N-dealkylation sites (tertiary alicyclic amines) is 1. The van der Waals surface area contributed by atoms with E-state index in [2.05, 4.69) is 36.1 Å². The quantitative estimate of drug-likeness (QED) is 0.263. The molecule has 1 aromatic rings. The molecule has 1 saturated heterocycles. The maximum atomic E-state index is 13.1. The van der Waals surface area contributed by atoms with E-state index in [1.54, 1.807) is 13.8 Å². The van der Waals surface area contributed by atoms with Gasteiger partial charge in [-0.1, -0.05) is 69.7 Å². The molecule has 1 heterocycles. The van der Waals surface area contributed by atoms with Crippen molar-refractivity contribution in [2.45, 2.75) is 90.4 Å². The van der Waals surface area contributed by atoms with Crippen molar-refractivity contribution in [2.75, 3.05) is 26.3 Å². The summed E-state index contributed by atoms with van der Waals surface area (Å²) in [6, 6.07) is 8.80. The lowest BCUT2D eigenvalue weighted by molar-refractivity contribution is 0.0724. The molecule has 1 aliphatic heterocycles. The molecule has 1 aliphatic rings. The summed E-state index contributed by atoms with van der Waals surface area (Å²) in [5, 5.41) is 9.58. The first-order valence-electron chi connectivity index (χ1n) is 11.9. The van der Waals surface area contributed by atoms with Crippen LogP contribution in [0.15, 0.2) is 24.3 Å². The van der Waals surface area contributed by atoms with Crippen LogP contribution in [0.2, 0.25) is 0 Å². The Bertz CT molecular complexity index is 641. The molecule has 1 unspecified atom stereocenters.